The Balaban J connectivity index is 2.66. The fourth-order valence-electron chi connectivity index (χ4n) is 2.58. The van der Waals surface area contributed by atoms with Gasteiger partial charge in [0.15, 0.2) is 0 Å². The van der Waals surface area contributed by atoms with Gasteiger partial charge in [0.05, 0.1) is 11.2 Å². The lowest BCUT2D eigenvalue weighted by molar-refractivity contribution is -0.154. The Morgan fingerprint density at radius 1 is 1.08 bits per heavy atom. The molecule has 12 heavy (non-hydrogen) atoms. The predicted octanol–water partition coefficient (Wildman–Crippen LogP) is 2.63. The fraction of sp³-hybridized carbons (Fsp3) is 1.00. The van der Waals surface area contributed by atoms with Crippen molar-refractivity contribution in [3.8, 4) is 0 Å². The highest BCUT2D eigenvalue weighted by Crippen LogP contribution is 2.40. The van der Waals surface area contributed by atoms with Crippen molar-refractivity contribution in [3.05, 3.63) is 0 Å². The highest BCUT2D eigenvalue weighted by Gasteiger charge is 2.38. The van der Waals surface area contributed by atoms with Crippen LogP contribution in [0.1, 0.15) is 40.5 Å². The first-order valence-electron chi connectivity index (χ1n) is 5.05. The lowest BCUT2D eigenvalue weighted by Gasteiger charge is -2.45. The summed E-state index contributed by atoms with van der Waals surface area (Å²) in [5.74, 6) is 0.851. The molecular weight excluding hydrogens is 147 g/mol. The van der Waals surface area contributed by atoms with Gasteiger partial charge in [-0.05, 0) is 40.5 Å². The molecule has 1 fully saturated rings. The van der Waals surface area contributed by atoms with Crippen molar-refractivity contribution in [2.75, 3.05) is 0 Å². The first-order chi connectivity index (χ1) is 5.35. The first-order valence-corrected chi connectivity index (χ1v) is 5.05. The molecule has 0 aromatic carbocycles. The molecule has 1 aliphatic heterocycles. The monoisotopic (exact) mass is 168 g/mol. The smallest absolute Gasteiger partial charge is 0.121 e. The molecule has 0 spiro atoms. The maximum Gasteiger partial charge on any atom is 0.121 e. The molecule has 1 nitrogen and oxygen atoms in total. The van der Waals surface area contributed by atoms with Crippen LogP contribution in [0.25, 0.3) is 0 Å². The van der Waals surface area contributed by atoms with Crippen molar-refractivity contribution >= 4 is 7.28 Å². The van der Waals surface area contributed by atoms with Crippen LogP contribution < -0.4 is 0 Å². The van der Waals surface area contributed by atoms with Crippen molar-refractivity contribution < 1.29 is 4.74 Å². The summed E-state index contributed by atoms with van der Waals surface area (Å²) >= 11 is 0. The minimum absolute atomic E-state index is 0.0857. The predicted molar refractivity (Wildman–Crippen MR) is 55.2 cm³/mol. The third-order valence-electron chi connectivity index (χ3n) is 2.69. The number of hydrogen-bond donors (Lipinski definition) is 0. The summed E-state index contributed by atoms with van der Waals surface area (Å²) in [6, 6.07) is 0. The molecule has 0 aromatic rings. The van der Waals surface area contributed by atoms with Crippen LogP contribution in [0.4, 0.5) is 0 Å². The molecule has 0 aromatic heterocycles. The molecule has 0 bridgehead atoms. The second-order valence-corrected chi connectivity index (χ2v) is 5.30. The van der Waals surface area contributed by atoms with Crippen LogP contribution in [0, 0.1) is 0 Å². The van der Waals surface area contributed by atoms with E-state index in [4.69, 9.17) is 4.74 Å². The van der Waals surface area contributed by atoms with Crippen LogP contribution in [-0.2, 0) is 4.74 Å². The molecule has 2 heteroatoms. The van der Waals surface area contributed by atoms with Gasteiger partial charge in [-0.25, -0.2) is 0 Å². The van der Waals surface area contributed by atoms with Gasteiger partial charge >= 0.3 is 0 Å². The first kappa shape index (κ1) is 10.1. The quantitative estimate of drug-likeness (QED) is 0.547. The zero-order chi connectivity index (χ0) is 9.41. The summed E-state index contributed by atoms with van der Waals surface area (Å²) in [6.07, 6.45) is 2.43. The van der Waals surface area contributed by atoms with Crippen LogP contribution in [-0.4, -0.2) is 18.5 Å². The van der Waals surface area contributed by atoms with Crippen molar-refractivity contribution in [2.45, 2.75) is 64.4 Å². The molecule has 1 aliphatic rings. The molecule has 1 saturated heterocycles. The van der Waals surface area contributed by atoms with Gasteiger partial charge in [-0.3, -0.25) is 0 Å². The van der Waals surface area contributed by atoms with Gasteiger partial charge in [-0.1, -0.05) is 12.6 Å². The Morgan fingerprint density at radius 3 is 1.83 bits per heavy atom. The van der Waals surface area contributed by atoms with Gasteiger partial charge in [0.1, 0.15) is 7.28 Å². The maximum atomic E-state index is 5.99. The average Bonchev–Trinajstić information content (AvgIpc) is 1.80. The van der Waals surface area contributed by atoms with Crippen molar-refractivity contribution in [2.24, 2.45) is 0 Å². The molecule has 0 radical (unpaired) electrons. The molecule has 0 saturated carbocycles. The molecule has 70 valence electrons. The molecule has 0 unspecified atom stereocenters. The lowest BCUT2D eigenvalue weighted by Crippen LogP contribution is -2.44. The van der Waals surface area contributed by atoms with Crippen LogP contribution in [0.2, 0.25) is 12.6 Å². The Labute approximate surface area is 77.1 Å². The highest BCUT2D eigenvalue weighted by molar-refractivity contribution is 6.35. The van der Waals surface area contributed by atoms with E-state index >= 15 is 0 Å². The van der Waals surface area contributed by atoms with E-state index in [0.717, 1.165) is 5.82 Å². The Bertz CT molecular complexity index is 147. The molecular formula is C10H21BO. The Kier molecular flexibility index (Phi) is 2.58. The van der Waals surface area contributed by atoms with Gasteiger partial charge in [0.2, 0.25) is 0 Å². The van der Waals surface area contributed by atoms with Gasteiger partial charge in [0, 0.05) is 0 Å². The van der Waals surface area contributed by atoms with Crippen LogP contribution in [0.15, 0.2) is 0 Å². The van der Waals surface area contributed by atoms with E-state index in [1.165, 1.54) is 20.1 Å². The number of ether oxygens (including phenoxy) is 1. The molecule has 0 amide bonds. The van der Waals surface area contributed by atoms with E-state index in [1.807, 2.05) is 0 Å². The summed E-state index contributed by atoms with van der Waals surface area (Å²) in [5.41, 5.74) is 0.171. The normalized spacial score (nSPS) is 28.4. The second kappa shape index (κ2) is 3.06. The maximum absolute atomic E-state index is 5.99. The van der Waals surface area contributed by atoms with Gasteiger partial charge < -0.3 is 4.74 Å². The molecule has 1 heterocycles. The molecule has 1 rings (SSSR count). The third kappa shape index (κ3) is 2.51. The number of rotatable bonds is 1. The molecule has 0 aliphatic carbocycles. The minimum Gasteiger partial charge on any atom is -0.370 e. The minimum atomic E-state index is 0.0857. The van der Waals surface area contributed by atoms with E-state index in [9.17, 15) is 0 Å². The van der Waals surface area contributed by atoms with E-state index in [-0.39, 0.29) is 11.2 Å². The Morgan fingerprint density at radius 2 is 1.50 bits per heavy atom. The average molecular weight is 168 g/mol. The summed E-state index contributed by atoms with van der Waals surface area (Å²) < 4.78 is 5.99. The standard InChI is InChI=1S/C10H21BO/c1-9(2)6-8(11-5)7-10(3,4)12-9/h8,11H,6-7H2,1-5H3. The Hall–Kier alpha value is 0.0249. The fourth-order valence-corrected chi connectivity index (χ4v) is 2.58. The van der Waals surface area contributed by atoms with Gasteiger partial charge in [-0.2, -0.15) is 0 Å². The van der Waals surface area contributed by atoms with Crippen LogP contribution >= 0.6 is 0 Å². The molecule has 0 N–H and O–H groups in total. The lowest BCUT2D eigenvalue weighted by atomic mass is 9.58. The third-order valence-corrected chi connectivity index (χ3v) is 2.69. The summed E-state index contributed by atoms with van der Waals surface area (Å²) in [5, 5.41) is 0. The van der Waals surface area contributed by atoms with Crippen LogP contribution in [0.3, 0.4) is 0 Å². The van der Waals surface area contributed by atoms with Crippen molar-refractivity contribution in [1.29, 1.82) is 0 Å². The van der Waals surface area contributed by atoms with E-state index in [0.29, 0.717) is 0 Å². The summed E-state index contributed by atoms with van der Waals surface area (Å²) in [6.45, 7) is 11.1. The summed E-state index contributed by atoms with van der Waals surface area (Å²) in [4.78, 5) is 0. The van der Waals surface area contributed by atoms with Gasteiger partial charge in [0.25, 0.3) is 0 Å². The topological polar surface area (TPSA) is 9.23 Å². The van der Waals surface area contributed by atoms with Crippen molar-refractivity contribution in [1.82, 2.24) is 0 Å². The SMILES string of the molecule is CBC1CC(C)(C)OC(C)(C)C1. The number of hydrogen-bond acceptors (Lipinski definition) is 1. The van der Waals surface area contributed by atoms with Crippen LogP contribution in [0.5, 0.6) is 0 Å². The van der Waals surface area contributed by atoms with Crippen molar-refractivity contribution in [3.63, 3.8) is 0 Å². The highest BCUT2D eigenvalue weighted by atomic mass is 16.5. The second-order valence-electron chi connectivity index (χ2n) is 5.30. The van der Waals surface area contributed by atoms with E-state index in [2.05, 4.69) is 34.5 Å². The van der Waals surface area contributed by atoms with E-state index < -0.39 is 0 Å². The van der Waals surface area contributed by atoms with E-state index in [1.54, 1.807) is 0 Å². The zero-order valence-electron chi connectivity index (χ0n) is 9.11. The zero-order valence-corrected chi connectivity index (χ0v) is 9.11. The summed E-state index contributed by atoms with van der Waals surface area (Å²) in [7, 11) is 1.29. The molecule has 0 atom stereocenters. The van der Waals surface area contributed by atoms with Gasteiger partial charge in [-0.15, -0.1) is 0 Å². The largest absolute Gasteiger partial charge is 0.370 e.